The van der Waals surface area contributed by atoms with Crippen LogP contribution in [0.2, 0.25) is 0 Å². The molecule has 1 aromatic carbocycles. The lowest BCUT2D eigenvalue weighted by atomic mass is 10.1. The summed E-state index contributed by atoms with van der Waals surface area (Å²) >= 11 is 0. The minimum atomic E-state index is -3.87. The standard InChI is InChI=1S/C17H21N3O6S/c1-10-5-6-14(7-11(10)2)27(23,24)18-9-16(21)25-13(4)17(22)19-15-8-12(3)26-20-15/h5-8,13,18H,9H2,1-4H3,(H,19,20,22)/t13-/m0/s1. The van der Waals surface area contributed by atoms with Crippen molar-refractivity contribution in [2.45, 2.75) is 38.7 Å². The second kappa shape index (κ2) is 8.31. The van der Waals surface area contributed by atoms with Crippen LogP contribution in [-0.2, 0) is 24.3 Å². The number of ether oxygens (including phenoxy) is 1. The molecule has 0 fully saturated rings. The van der Waals surface area contributed by atoms with Gasteiger partial charge in [0.05, 0.1) is 4.90 Å². The highest BCUT2D eigenvalue weighted by atomic mass is 32.2. The van der Waals surface area contributed by atoms with E-state index in [9.17, 15) is 18.0 Å². The maximum Gasteiger partial charge on any atom is 0.321 e. The first kappa shape index (κ1) is 20.6. The average Bonchev–Trinajstić information content (AvgIpc) is 3.00. The van der Waals surface area contributed by atoms with Gasteiger partial charge in [0.25, 0.3) is 5.91 Å². The maximum atomic E-state index is 12.2. The highest BCUT2D eigenvalue weighted by molar-refractivity contribution is 7.89. The van der Waals surface area contributed by atoms with Crippen molar-refractivity contribution < 1.29 is 27.3 Å². The molecule has 0 aliphatic carbocycles. The number of nitrogens with one attached hydrogen (secondary N) is 2. The highest BCUT2D eigenvalue weighted by Gasteiger charge is 2.21. The summed E-state index contributed by atoms with van der Waals surface area (Å²) in [7, 11) is -3.87. The lowest BCUT2D eigenvalue weighted by molar-refractivity contribution is -0.151. The molecule has 2 N–H and O–H groups in total. The Balaban J connectivity index is 1.88. The molecule has 1 atom stereocenters. The number of benzene rings is 1. The predicted octanol–water partition coefficient (Wildman–Crippen LogP) is 1.45. The molecule has 0 unspecified atom stereocenters. The number of aromatic nitrogens is 1. The van der Waals surface area contributed by atoms with E-state index in [1.54, 1.807) is 19.9 Å². The quantitative estimate of drug-likeness (QED) is 0.679. The van der Waals surface area contributed by atoms with Crippen LogP contribution < -0.4 is 10.0 Å². The molecule has 0 bridgehead atoms. The van der Waals surface area contributed by atoms with Gasteiger partial charge in [0.1, 0.15) is 12.3 Å². The molecule has 1 amide bonds. The van der Waals surface area contributed by atoms with Crippen LogP contribution in [0.25, 0.3) is 0 Å². The van der Waals surface area contributed by atoms with Crippen molar-refractivity contribution in [2.24, 2.45) is 0 Å². The van der Waals surface area contributed by atoms with E-state index in [1.165, 1.54) is 25.1 Å². The molecule has 9 nitrogen and oxygen atoms in total. The van der Waals surface area contributed by atoms with Crippen molar-refractivity contribution in [3.05, 3.63) is 41.2 Å². The fourth-order valence-corrected chi connectivity index (χ4v) is 3.12. The smallest absolute Gasteiger partial charge is 0.321 e. The van der Waals surface area contributed by atoms with Crippen molar-refractivity contribution in [1.29, 1.82) is 0 Å². The van der Waals surface area contributed by atoms with E-state index < -0.39 is 34.5 Å². The molecule has 0 aliphatic heterocycles. The Labute approximate surface area is 157 Å². The van der Waals surface area contributed by atoms with Crippen LogP contribution in [0.5, 0.6) is 0 Å². The van der Waals surface area contributed by atoms with Gasteiger partial charge in [-0.2, -0.15) is 4.72 Å². The Kier molecular flexibility index (Phi) is 6.34. The Morgan fingerprint density at radius 1 is 1.19 bits per heavy atom. The predicted molar refractivity (Wildman–Crippen MR) is 96.5 cm³/mol. The van der Waals surface area contributed by atoms with Gasteiger partial charge in [0.2, 0.25) is 10.0 Å². The zero-order chi connectivity index (χ0) is 20.2. The molecule has 0 saturated heterocycles. The number of hydrogen-bond donors (Lipinski definition) is 2. The van der Waals surface area contributed by atoms with Crippen LogP contribution >= 0.6 is 0 Å². The fourth-order valence-electron chi connectivity index (χ4n) is 2.06. The number of rotatable bonds is 7. The molecule has 146 valence electrons. The Morgan fingerprint density at radius 2 is 1.89 bits per heavy atom. The topological polar surface area (TPSA) is 128 Å². The summed E-state index contributed by atoms with van der Waals surface area (Å²) in [5.41, 5.74) is 1.77. The Bertz CT molecular complexity index is 951. The molecule has 0 radical (unpaired) electrons. The molecule has 27 heavy (non-hydrogen) atoms. The van der Waals surface area contributed by atoms with Crippen LogP contribution in [-0.4, -0.2) is 38.1 Å². The number of anilines is 1. The molecule has 2 rings (SSSR count). The van der Waals surface area contributed by atoms with Gasteiger partial charge in [-0.3, -0.25) is 9.59 Å². The summed E-state index contributed by atoms with van der Waals surface area (Å²) in [5.74, 6) is -0.804. The first-order valence-electron chi connectivity index (χ1n) is 8.09. The van der Waals surface area contributed by atoms with Gasteiger partial charge in [-0.25, -0.2) is 8.42 Å². The number of hydrogen-bond acceptors (Lipinski definition) is 7. The number of carbonyl (C=O) groups is 2. The Hall–Kier alpha value is -2.72. The number of esters is 1. The molecule has 1 aromatic heterocycles. The number of carbonyl (C=O) groups excluding carboxylic acids is 2. The van der Waals surface area contributed by atoms with Crippen LogP contribution in [0.3, 0.4) is 0 Å². The van der Waals surface area contributed by atoms with Gasteiger partial charge in [-0.1, -0.05) is 11.2 Å². The van der Waals surface area contributed by atoms with E-state index in [0.29, 0.717) is 5.76 Å². The molecule has 0 aliphatic rings. The zero-order valence-electron chi connectivity index (χ0n) is 15.4. The van der Waals surface area contributed by atoms with Gasteiger partial charge in [0.15, 0.2) is 11.9 Å². The summed E-state index contributed by atoms with van der Waals surface area (Å²) < 4.78 is 36.4. The molecular formula is C17H21N3O6S. The van der Waals surface area contributed by atoms with Crippen molar-refractivity contribution >= 4 is 27.7 Å². The summed E-state index contributed by atoms with van der Waals surface area (Å²) in [6.45, 7) is 6.07. The van der Waals surface area contributed by atoms with Gasteiger partial charge in [-0.05, 0) is 51.0 Å². The molecule has 0 saturated carbocycles. The van der Waals surface area contributed by atoms with Gasteiger partial charge >= 0.3 is 5.97 Å². The van der Waals surface area contributed by atoms with Crippen molar-refractivity contribution in [1.82, 2.24) is 9.88 Å². The molecule has 10 heteroatoms. The second-order valence-corrected chi connectivity index (χ2v) is 7.78. The van der Waals surface area contributed by atoms with Crippen molar-refractivity contribution in [2.75, 3.05) is 11.9 Å². The Morgan fingerprint density at radius 3 is 2.48 bits per heavy atom. The largest absolute Gasteiger partial charge is 0.452 e. The number of aryl methyl sites for hydroxylation is 3. The van der Waals surface area contributed by atoms with E-state index in [0.717, 1.165) is 11.1 Å². The third kappa shape index (κ3) is 5.63. The van der Waals surface area contributed by atoms with Gasteiger partial charge < -0.3 is 14.6 Å². The minimum Gasteiger partial charge on any atom is -0.452 e. The maximum absolute atomic E-state index is 12.2. The average molecular weight is 395 g/mol. The van der Waals surface area contributed by atoms with E-state index >= 15 is 0 Å². The molecular weight excluding hydrogens is 374 g/mol. The summed E-state index contributed by atoms with van der Waals surface area (Å²) in [6, 6.07) is 6.15. The summed E-state index contributed by atoms with van der Waals surface area (Å²) in [6.07, 6.45) is -1.14. The third-order valence-electron chi connectivity index (χ3n) is 3.75. The molecule has 2 aromatic rings. The number of sulfonamides is 1. The van der Waals surface area contributed by atoms with Gasteiger partial charge in [0, 0.05) is 6.07 Å². The van der Waals surface area contributed by atoms with Crippen molar-refractivity contribution in [3.8, 4) is 0 Å². The van der Waals surface area contributed by atoms with Crippen molar-refractivity contribution in [3.63, 3.8) is 0 Å². The second-order valence-electron chi connectivity index (χ2n) is 6.01. The van der Waals surface area contributed by atoms with Crippen LogP contribution in [0.1, 0.15) is 23.8 Å². The number of nitrogens with zero attached hydrogens (tertiary/aromatic N) is 1. The normalized spacial score (nSPS) is 12.4. The molecule has 1 heterocycles. The van der Waals surface area contributed by atoms with E-state index in [1.807, 2.05) is 6.92 Å². The van der Waals surface area contributed by atoms with E-state index in [2.05, 4.69) is 15.2 Å². The lowest BCUT2D eigenvalue weighted by Gasteiger charge is -2.13. The van der Waals surface area contributed by atoms with Gasteiger partial charge in [-0.15, -0.1) is 0 Å². The van der Waals surface area contributed by atoms with Crippen LogP contribution in [0.15, 0.2) is 33.7 Å². The first-order valence-corrected chi connectivity index (χ1v) is 9.57. The monoisotopic (exact) mass is 395 g/mol. The minimum absolute atomic E-state index is 0.0468. The van der Waals surface area contributed by atoms with E-state index in [4.69, 9.17) is 9.26 Å². The zero-order valence-corrected chi connectivity index (χ0v) is 16.2. The third-order valence-corrected chi connectivity index (χ3v) is 5.15. The first-order chi connectivity index (χ1) is 12.6. The highest BCUT2D eigenvalue weighted by Crippen LogP contribution is 2.14. The molecule has 0 spiro atoms. The lowest BCUT2D eigenvalue weighted by Crippen LogP contribution is -2.35. The van der Waals surface area contributed by atoms with Crippen LogP contribution in [0, 0.1) is 20.8 Å². The van der Waals surface area contributed by atoms with E-state index in [-0.39, 0.29) is 10.7 Å². The SMILES string of the molecule is Cc1cc(NC(=O)[C@H](C)OC(=O)CNS(=O)(=O)c2ccc(C)c(C)c2)no1. The summed E-state index contributed by atoms with van der Waals surface area (Å²) in [5, 5.41) is 6.01. The van der Waals surface area contributed by atoms with Crippen LogP contribution in [0.4, 0.5) is 5.82 Å². The fraction of sp³-hybridized carbons (Fsp3) is 0.353. The number of amides is 1. The summed E-state index contributed by atoms with van der Waals surface area (Å²) in [4.78, 5) is 23.8.